The molecule has 0 saturated carbocycles. The van der Waals surface area contributed by atoms with E-state index in [1.54, 1.807) is 39.8 Å². The minimum atomic E-state index is -4.95. The number of aromatic nitrogens is 4. The maximum absolute atomic E-state index is 17.1. The zero-order valence-corrected chi connectivity index (χ0v) is 30.0. The van der Waals surface area contributed by atoms with Gasteiger partial charge in [-0.3, -0.25) is 0 Å². The molecule has 2 fully saturated rings. The number of rotatable bonds is 6. The molecule has 0 aliphatic carbocycles. The summed E-state index contributed by atoms with van der Waals surface area (Å²) in [6, 6.07) is 6.66. The number of piperidine rings is 1. The number of pyridine rings is 1. The lowest BCUT2D eigenvalue weighted by molar-refractivity contribution is -0.137. The zero-order chi connectivity index (χ0) is 37.2. The molecular formula is C36H42F4N8O3. The van der Waals surface area contributed by atoms with E-state index in [1.807, 2.05) is 19.0 Å². The van der Waals surface area contributed by atoms with Crippen LogP contribution in [0.2, 0.25) is 0 Å². The van der Waals surface area contributed by atoms with Crippen molar-refractivity contribution in [1.82, 2.24) is 29.8 Å². The molecule has 0 unspecified atom stereocenters. The van der Waals surface area contributed by atoms with Crippen molar-refractivity contribution in [2.24, 2.45) is 0 Å². The van der Waals surface area contributed by atoms with Gasteiger partial charge in [-0.15, -0.1) is 5.10 Å². The number of halogens is 4. The van der Waals surface area contributed by atoms with Crippen LogP contribution in [0.4, 0.5) is 28.2 Å². The van der Waals surface area contributed by atoms with Crippen LogP contribution in [0.15, 0.2) is 24.3 Å². The van der Waals surface area contributed by atoms with Crippen molar-refractivity contribution in [2.75, 3.05) is 45.7 Å². The minimum Gasteiger partial charge on any atom is -0.496 e. The molecule has 6 rings (SSSR count). The zero-order valence-electron chi connectivity index (χ0n) is 30.0. The van der Waals surface area contributed by atoms with Crippen LogP contribution in [0.25, 0.3) is 33.1 Å². The Morgan fingerprint density at radius 2 is 1.88 bits per heavy atom. The van der Waals surface area contributed by atoms with Gasteiger partial charge in [0.25, 0.3) is 0 Å². The SMILES string of the molecule is COc1c(C)cccc1-c1c(C(F)(F)F)cc2c(nc(N3CC(C)(N(C)C)C3)c3nnn([C@H]4CCN(C(=O)OC(C)(C)C)[C@H](CC#N)C4)c32)c1F. The van der Waals surface area contributed by atoms with Gasteiger partial charge in [0, 0.05) is 36.1 Å². The summed E-state index contributed by atoms with van der Waals surface area (Å²) < 4.78 is 74.7. The van der Waals surface area contributed by atoms with Gasteiger partial charge in [0.1, 0.15) is 22.4 Å². The fourth-order valence-electron chi connectivity index (χ4n) is 7.19. The smallest absolute Gasteiger partial charge is 0.417 e. The van der Waals surface area contributed by atoms with E-state index in [9.17, 15) is 10.1 Å². The molecule has 2 atom stereocenters. The number of ether oxygens (including phenoxy) is 2. The highest BCUT2D eigenvalue weighted by Gasteiger charge is 2.44. The highest BCUT2D eigenvalue weighted by atomic mass is 19.4. The second-order valence-electron chi connectivity index (χ2n) is 14.9. The first-order chi connectivity index (χ1) is 23.9. The van der Waals surface area contributed by atoms with Gasteiger partial charge in [-0.1, -0.05) is 23.4 Å². The first kappa shape index (κ1) is 36.1. The fourth-order valence-corrected chi connectivity index (χ4v) is 7.19. The molecule has 272 valence electrons. The summed E-state index contributed by atoms with van der Waals surface area (Å²) in [5, 5.41) is 18.5. The van der Waals surface area contributed by atoms with Crippen LogP contribution >= 0.6 is 0 Å². The molecule has 11 nitrogen and oxygen atoms in total. The number of alkyl halides is 3. The van der Waals surface area contributed by atoms with Gasteiger partial charge >= 0.3 is 12.3 Å². The molecule has 0 spiro atoms. The number of carbonyl (C=O) groups excluding carboxylic acids is 1. The third-order valence-corrected chi connectivity index (χ3v) is 10.0. The molecule has 4 heterocycles. The molecule has 2 saturated heterocycles. The summed E-state index contributed by atoms with van der Waals surface area (Å²) in [5.41, 5.74) is -2.14. The molecule has 2 aliphatic rings. The average molecular weight is 711 g/mol. The number of nitriles is 1. The molecule has 51 heavy (non-hydrogen) atoms. The van der Waals surface area contributed by atoms with Crippen molar-refractivity contribution in [1.29, 1.82) is 5.26 Å². The number of hydrogen-bond acceptors (Lipinski definition) is 9. The lowest BCUT2D eigenvalue weighted by Gasteiger charge is -2.52. The van der Waals surface area contributed by atoms with Gasteiger partial charge < -0.3 is 24.2 Å². The maximum Gasteiger partial charge on any atom is 0.417 e. The van der Waals surface area contributed by atoms with Gasteiger partial charge in [0.2, 0.25) is 0 Å². The summed E-state index contributed by atoms with van der Waals surface area (Å²) in [6.45, 7) is 10.2. The number of likely N-dealkylation sites (N-methyl/N-ethyl adjacent to an activating group) is 1. The molecule has 2 aliphatic heterocycles. The van der Waals surface area contributed by atoms with Crippen LogP contribution < -0.4 is 9.64 Å². The molecule has 1 amide bonds. The number of nitrogens with zero attached hydrogens (tertiary/aromatic N) is 8. The first-order valence-electron chi connectivity index (χ1n) is 16.8. The summed E-state index contributed by atoms with van der Waals surface area (Å²) >= 11 is 0. The maximum atomic E-state index is 17.1. The van der Waals surface area contributed by atoms with Crippen LogP contribution in [0.1, 0.15) is 64.1 Å². The van der Waals surface area contributed by atoms with Crippen LogP contribution in [0.5, 0.6) is 5.75 Å². The second kappa shape index (κ2) is 12.8. The topological polar surface area (TPSA) is 113 Å². The third kappa shape index (κ3) is 6.39. The van der Waals surface area contributed by atoms with Gasteiger partial charge in [0.05, 0.1) is 42.8 Å². The Morgan fingerprint density at radius 3 is 2.49 bits per heavy atom. The van der Waals surface area contributed by atoms with Crippen LogP contribution in [-0.4, -0.2) is 93.9 Å². The van der Waals surface area contributed by atoms with Gasteiger partial charge in [-0.05, 0) is 73.2 Å². The molecule has 0 N–H and O–H groups in total. The molecule has 0 bridgehead atoms. The number of carbonyl (C=O) groups is 1. The number of hydrogen-bond donors (Lipinski definition) is 0. The number of methoxy groups -OCH3 is 1. The van der Waals surface area contributed by atoms with Crippen molar-refractivity contribution in [3.05, 3.63) is 41.2 Å². The van der Waals surface area contributed by atoms with Crippen LogP contribution in [0.3, 0.4) is 0 Å². The number of fused-ring (bicyclic) bond motifs is 3. The quantitative estimate of drug-likeness (QED) is 0.193. The van der Waals surface area contributed by atoms with Crippen molar-refractivity contribution < 1.29 is 31.8 Å². The van der Waals surface area contributed by atoms with E-state index in [1.165, 1.54) is 22.8 Å². The number of para-hydroxylation sites is 1. The second-order valence-corrected chi connectivity index (χ2v) is 14.9. The first-order valence-corrected chi connectivity index (χ1v) is 16.8. The average Bonchev–Trinajstić information content (AvgIpc) is 3.47. The molecular weight excluding hydrogens is 668 g/mol. The highest BCUT2D eigenvalue weighted by Crippen LogP contribution is 2.47. The van der Waals surface area contributed by atoms with Gasteiger partial charge in [-0.25, -0.2) is 18.9 Å². The summed E-state index contributed by atoms with van der Waals surface area (Å²) in [6.07, 6.45) is -4.92. The van der Waals surface area contributed by atoms with Gasteiger partial charge in [0.15, 0.2) is 17.2 Å². The van der Waals surface area contributed by atoms with E-state index >= 15 is 17.6 Å². The Morgan fingerprint density at radius 1 is 1.18 bits per heavy atom. The largest absolute Gasteiger partial charge is 0.496 e. The molecule has 2 aromatic heterocycles. The van der Waals surface area contributed by atoms with E-state index in [-0.39, 0.29) is 58.2 Å². The number of aryl methyl sites for hydroxylation is 1. The molecule has 2 aromatic carbocycles. The fraction of sp³-hybridized carbons (Fsp3) is 0.528. The Hall–Kier alpha value is -4.71. The third-order valence-electron chi connectivity index (χ3n) is 10.0. The summed E-state index contributed by atoms with van der Waals surface area (Å²) in [7, 11) is 5.25. The standard InChI is InChI=1S/C36H42F4N8O3/c1-20-10-9-11-23(31(20)50-8)26-25(36(38,39)40)17-24-28(27(26)37)42-32(46-18-35(5,19-46)45(6)7)29-30(24)48(44-43-29)22-13-15-47(21(16-22)12-14-41)33(49)51-34(2,3)4/h9-11,17,21-22H,12-13,15-16,18-19H2,1-8H3/t21-,22+/m1/s1. The van der Waals surface area contributed by atoms with E-state index in [2.05, 4.69) is 28.2 Å². The minimum absolute atomic E-state index is 0.00135. The Labute approximate surface area is 293 Å². The number of benzene rings is 2. The monoisotopic (exact) mass is 710 g/mol. The summed E-state index contributed by atoms with van der Waals surface area (Å²) in [5.74, 6) is -0.708. The summed E-state index contributed by atoms with van der Waals surface area (Å²) in [4.78, 5) is 23.3. The van der Waals surface area contributed by atoms with E-state index in [4.69, 9.17) is 14.5 Å². The molecule has 0 radical (unpaired) electrons. The molecule has 15 heteroatoms. The highest BCUT2D eigenvalue weighted by molar-refractivity contribution is 6.08. The van der Waals surface area contributed by atoms with E-state index < -0.39 is 46.9 Å². The van der Waals surface area contributed by atoms with Crippen molar-refractivity contribution in [2.45, 2.75) is 83.3 Å². The van der Waals surface area contributed by atoms with Crippen LogP contribution in [0, 0.1) is 24.1 Å². The van der Waals surface area contributed by atoms with Crippen molar-refractivity contribution in [3.8, 4) is 22.9 Å². The lowest BCUT2D eigenvalue weighted by Crippen LogP contribution is -2.67. The van der Waals surface area contributed by atoms with Crippen LogP contribution in [-0.2, 0) is 10.9 Å². The number of likely N-dealkylation sites (tertiary alicyclic amines) is 1. The number of amides is 1. The Balaban J connectivity index is 1.58. The Bertz CT molecular complexity index is 2040. The van der Waals surface area contributed by atoms with E-state index in [0.717, 1.165) is 6.07 Å². The van der Waals surface area contributed by atoms with Crippen molar-refractivity contribution in [3.63, 3.8) is 0 Å². The Kier molecular flexibility index (Phi) is 9.06. The van der Waals surface area contributed by atoms with Crippen molar-refractivity contribution >= 4 is 33.8 Å². The predicted octanol–water partition coefficient (Wildman–Crippen LogP) is 7.12. The predicted molar refractivity (Wildman–Crippen MR) is 184 cm³/mol. The molecule has 4 aromatic rings. The lowest BCUT2D eigenvalue weighted by atomic mass is 9.90. The normalized spacial score (nSPS) is 19.4. The van der Waals surface area contributed by atoms with E-state index in [0.29, 0.717) is 30.9 Å². The van der Waals surface area contributed by atoms with Gasteiger partial charge in [-0.2, -0.15) is 18.4 Å². The number of anilines is 1.